The number of quaternary nitrogens is 2. The van der Waals surface area contributed by atoms with Crippen molar-refractivity contribution in [3.05, 3.63) is 0 Å². The molecule has 0 saturated carbocycles. The molecule has 0 aliphatic carbocycles. The van der Waals surface area contributed by atoms with Crippen LogP contribution in [0.15, 0.2) is 0 Å². The molecule has 3 heteroatoms. The summed E-state index contributed by atoms with van der Waals surface area (Å²) in [7, 11) is 10.7. The molecular weight excluding hydrogens is 152 g/mol. The van der Waals surface area contributed by atoms with Gasteiger partial charge in [0.25, 0.3) is 0 Å². The predicted octanol–water partition coefficient (Wildman–Crippen LogP) is -0.0321. The van der Waals surface area contributed by atoms with Gasteiger partial charge < -0.3 is 8.97 Å². The minimum Gasteiger partial charge on any atom is -0.326 e. The Kier molecular flexibility index (Phi) is 3.87. The largest absolute Gasteiger partial charge is 0.326 e. The normalized spacial score (nSPS) is 13.1. The highest BCUT2D eigenvalue weighted by Crippen LogP contribution is 1.98. The summed E-state index contributed by atoms with van der Waals surface area (Å²) in [5.74, 6) is 0. The second-order valence-electron chi connectivity index (χ2n) is 5.02. The molecule has 0 aliphatic heterocycles. The zero-order valence-electron chi connectivity index (χ0n) is 9.00. The van der Waals surface area contributed by atoms with E-state index in [4.69, 9.17) is 0 Å². The van der Waals surface area contributed by atoms with Gasteiger partial charge in [0.1, 0.15) is 19.6 Å². The molecule has 0 amide bonds. The summed E-state index contributed by atoms with van der Waals surface area (Å²) in [6.45, 7) is 2.75. The zero-order valence-corrected chi connectivity index (χ0v) is 9.00. The van der Waals surface area contributed by atoms with Crippen molar-refractivity contribution in [1.29, 1.82) is 0 Å². The molecule has 0 fully saturated rings. The van der Waals surface area contributed by atoms with Gasteiger partial charge in [-0.2, -0.15) is 0 Å². The monoisotopic (exact) mass is 174 g/mol. The Balaban J connectivity index is 3.83. The molecule has 0 aromatic heterocycles. The Morgan fingerprint density at radius 1 is 1.00 bits per heavy atom. The number of carbonyl (C=O) groups excluding carboxylic acids is 1. The van der Waals surface area contributed by atoms with E-state index in [1.165, 1.54) is 0 Å². The van der Waals surface area contributed by atoms with Crippen molar-refractivity contribution in [3.8, 4) is 0 Å². The molecule has 0 aromatic carbocycles. The first kappa shape index (κ1) is 11.6. The molecule has 3 nitrogen and oxygen atoms in total. The molecule has 0 N–H and O–H groups in total. The molecule has 0 aliphatic rings. The van der Waals surface area contributed by atoms with E-state index in [-0.39, 0.29) is 0 Å². The summed E-state index contributed by atoms with van der Waals surface area (Å²) in [5, 5.41) is 0. The molecule has 0 atom stereocenters. The lowest BCUT2D eigenvalue weighted by molar-refractivity contribution is -0.932. The molecule has 72 valence electrons. The van der Waals surface area contributed by atoms with Crippen LogP contribution in [0.2, 0.25) is 0 Å². The zero-order chi connectivity index (χ0) is 9.83. The van der Waals surface area contributed by atoms with E-state index in [2.05, 4.69) is 35.2 Å². The van der Waals surface area contributed by atoms with Crippen LogP contribution in [0.3, 0.4) is 0 Å². The van der Waals surface area contributed by atoms with E-state index in [9.17, 15) is 4.79 Å². The fourth-order valence-electron chi connectivity index (χ4n) is 0.864. The SMILES string of the molecule is C[N+](C)(C)CC[N+](C)(C)CC=O. The summed E-state index contributed by atoms with van der Waals surface area (Å²) >= 11 is 0. The van der Waals surface area contributed by atoms with Gasteiger partial charge in [-0.3, -0.25) is 4.79 Å². The maximum absolute atomic E-state index is 10.3. The van der Waals surface area contributed by atoms with Gasteiger partial charge in [-0.05, 0) is 0 Å². The van der Waals surface area contributed by atoms with Crippen molar-refractivity contribution >= 4 is 6.29 Å². The van der Waals surface area contributed by atoms with E-state index in [0.717, 1.165) is 28.3 Å². The maximum Gasteiger partial charge on any atom is 0.174 e. The molecular formula is C9H22N2O+2. The van der Waals surface area contributed by atoms with E-state index in [1.807, 2.05) is 0 Å². The van der Waals surface area contributed by atoms with Gasteiger partial charge in [0, 0.05) is 0 Å². The first-order valence-corrected chi connectivity index (χ1v) is 4.33. The fraction of sp³-hybridized carbons (Fsp3) is 0.889. The molecule has 0 radical (unpaired) electrons. The van der Waals surface area contributed by atoms with E-state index >= 15 is 0 Å². The maximum atomic E-state index is 10.3. The third-order valence-electron chi connectivity index (χ3n) is 1.94. The molecule has 0 saturated heterocycles. The standard InChI is InChI=1S/C9H22N2O/c1-10(2,3)6-7-11(4,5)8-9-12/h9H,6-8H2,1-5H3/q+2. The number of hydrogen-bond donors (Lipinski definition) is 0. The quantitative estimate of drug-likeness (QED) is 0.422. The van der Waals surface area contributed by atoms with Gasteiger partial charge in [-0.1, -0.05) is 0 Å². The van der Waals surface area contributed by atoms with Crippen LogP contribution in [0.25, 0.3) is 0 Å². The number of carbonyl (C=O) groups is 1. The lowest BCUT2D eigenvalue weighted by Crippen LogP contribution is -2.49. The van der Waals surface area contributed by atoms with E-state index < -0.39 is 0 Å². The lowest BCUT2D eigenvalue weighted by atomic mass is 10.4. The van der Waals surface area contributed by atoms with Gasteiger partial charge in [0.15, 0.2) is 6.29 Å². The van der Waals surface area contributed by atoms with Crippen LogP contribution in [0.1, 0.15) is 0 Å². The number of likely N-dealkylation sites (N-methyl/N-ethyl adjacent to an activating group) is 2. The van der Waals surface area contributed by atoms with Gasteiger partial charge in [-0.25, -0.2) is 0 Å². The van der Waals surface area contributed by atoms with Crippen LogP contribution in [0.5, 0.6) is 0 Å². The number of aldehydes is 1. The minimum absolute atomic E-state index is 0.611. The molecule has 0 unspecified atom stereocenters. The van der Waals surface area contributed by atoms with Gasteiger partial charge in [0.05, 0.1) is 35.2 Å². The molecule has 0 heterocycles. The molecule has 0 bridgehead atoms. The van der Waals surface area contributed by atoms with Crippen molar-refractivity contribution in [1.82, 2.24) is 0 Å². The third-order valence-corrected chi connectivity index (χ3v) is 1.94. The summed E-state index contributed by atoms with van der Waals surface area (Å²) in [6.07, 6.45) is 0.996. The van der Waals surface area contributed by atoms with Gasteiger partial charge in [-0.15, -0.1) is 0 Å². The predicted molar refractivity (Wildman–Crippen MR) is 50.8 cm³/mol. The van der Waals surface area contributed by atoms with Crippen LogP contribution < -0.4 is 0 Å². The van der Waals surface area contributed by atoms with Crippen LogP contribution in [-0.4, -0.2) is 70.1 Å². The van der Waals surface area contributed by atoms with Gasteiger partial charge in [0.2, 0.25) is 0 Å². The van der Waals surface area contributed by atoms with Crippen molar-refractivity contribution < 1.29 is 13.8 Å². The van der Waals surface area contributed by atoms with Crippen LogP contribution >= 0.6 is 0 Å². The van der Waals surface area contributed by atoms with Crippen LogP contribution in [-0.2, 0) is 4.79 Å². The summed E-state index contributed by atoms with van der Waals surface area (Å²) in [4.78, 5) is 10.3. The summed E-state index contributed by atoms with van der Waals surface area (Å²) in [5.41, 5.74) is 0. The Morgan fingerprint density at radius 2 is 1.50 bits per heavy atom. The second kappa shape index (κ2) is 4.01. The average Bonchev–Trinajstić information content (AvgIpc) is 1.83. The highest BCUT2D eigenvalue weighted by atomic mass is 16.1. The van der Waals surface area contributed by atoms with Crippen molar-refractivity contribution in [2.75, 3.05) is 54.9 Å². The Labute approximate surface area is 75.8 Å². The average molecular weight is 174 g/mol. The molecule has 0 rings (SSSR count). The summed E-state index contributed by atoms with van der Waals surface area (Å²) in [6, 6.07) is 0. The second-order valence-corrected chi connectivity index (χ2v) is 5.02. The first-order valence-electron chi connectivity index (χ1n) is 4.33. The topological polar surface area (TPSA) is 17.1 Å². The van der Waals surface area contributed by atoms with E-state index in [1.54, 1.807) is 0 Å². The molecule has 0 spiro atoms. The number of nitrogens with zero attached hydrogens (tertiary/aromatic N) is 2. The minimum atomic E-state index is 0.611. The molecule has 0 aromatic rings. The van der Waals surface area contributed by atoms with E-state index in [0.29, 0.717) is 6.54 Å². The smallest absolute Gasteiger partial charge is 0.174 e. The Bertz CT molecular complexity index is 147. The molecule has 12 heavy (non-hydrogen) atoms. The third kappa shape index (κ3) is 6.31. The lowest BCUT2D eigenvalue weighted by Gasteiger charge is -2.31. The Hall–Kier alpha value is -0.410. The summed E-state index contributed by atoms with van der Waals surface area (Å²) < 4.78 is 1.75. The van der Waals surface area contributed by atoms with Crippen LogP contribution in [0, 0.1) is 0 Å². The van der Waals surface area contributed by atoms with Crippen molar-refractivity contribution in [3.63, 3.8) is 0 Å². The van der Waals surface area contributed by atoms with Gasteiger partial charge >= 0.3 is 0 Å². The highest BCUT2D eigenvalue weighted by Gasteiger charge is 2.18. The van der Waals surface area contributed by atoms with Crippen molar-refractivity contribution in [2.24, 2.45) is 0 Å². The number of hydrogen-bond acceptors (Lipinski definition) is 1. The highest BCUT2D eigenvalue weighted by molar-refractivity contribution is 5.50. The van der Waals surface area contributed by atoms with Crippen molar-refractivity contribution in [2.45, 2.75) is 0 Å². The Morgan fingerprint density at radius 3 is 1.83 bits per heavy atom. The van der Waals surface area contributed by atoms with Crippen LogP contribution in [0.4, 0.5) is 0 Å². The number of rotatable bonds is 5. The first-order chi connectivity index (χ1) is 5.27. The fourth-order valence-corrected chi connectivity index (χ4v) is 0.864.